The summed E-state index contributed by atoms with van der Waals surface area (Å²) in [5, 5.41) is 13.4. The summed E-state index contributed by atoms with van der Waals surface area (Å²) < 4.78 is 0. The topological polar surface area (TPSA) is 72.9 Å². The van der Waals surface area contributed by atoms with Crippen molar-refractivity contribution in [1.29, 1.82) is 0 Å². The second-order valence-corrected chi connectivity index (χ2v) is 7.00. The number of aliphatic hydroxyl groups excluding tert-OH is 1. The Morgan fingerprint density at radius 3 is 2.12 bits per heavy atom. The number of hydrogen-bond donors (Lipinski definition) is 2. The van der Waals surface area contributed by atoms with Crippen molar-refractivity contribution in [2.24, 2.45) is 0 Å². The molecule has 138 valence electrons. The number of piperazine rings is 1. The lowest BCUT2D eigenvalue weighted by Gasteiger charge is -2.36. The van der Waals surface area contributed by atoms with E-state index in [9.17, 15) is 14.7 Å². The first-order valence-corrected chi connectivity index (χ1v) is 8.65. The van der Waals surface area contributed by atoms with Gasteiger partial charge in [0, 0.05) is 48.3 Å². The van der Waals surface area contributed by atoms with Crippen LogP contribution in [0.4, 0.5) is 0 Å². The number of amides is 2. The van der Waals surface area contributed by atoms with Crippen LogP contribution >= 0.6 is 35.6 Å². The Kier molecular flexibility index (Phi) is 6.93. The highest BCUT2D eigenvalue weighted by molar-refractivity contribution is 6.35. The number of nitrogens with one attached hydrogen (secondary N) is 1. The van der Waals surface area contributed by atoms with Crippen LogP contribution in [0.25, 0.3) is 0 Å². The third-order valence-corrected chi connectivity index (χ3v) is 4.83. The van der Waals surface area contributed by atoms with E-state index in [1.165, 1.54) is 0 Å². The second-order valence-electron chi connectivity index (χ2n) is 6.13. The first-order chi connectivity index (χ1) is 11.4. The minimum Gasteiger partial charge on any atom is -0.392 e. The van der Waals surface area contributed by atoms with Gasteiger partial charge in [0.1, 0.15) is 0 Å². The smallest absolute Gasteiger partial charge is 0.254 e. The summed E-state index contributed by atoms with van der Waals surface area (Å²) in [5.74, 6) is -0.148. The molecule has 2 heterocycles. The maximum Gasteiger partial charge on any atom is 0.254 e. The molecule has 2 aliphatic heterocycles. The van der Waals surface area contributed by atoms with Crippen LogP contribution in [0.5, 0.6) is 0 Å². The predicted octanol–water partition coefficient (Wildman–Crippen LogP) is 1.42. The second kappa shape index (κ2) is 8.56. The average molecular weight is 409 g/mol. The highest BCUT2D eigenvalue weighted by Crippen LogP contribution is 2.21. The molecule has 2 saturated heterocycles. The number of rotatable bonds is 2. The maximum absolute atomic E-state index is 12.5. The van der Waals surface area contributed by atoms with E-state index in [2.05, 4.69) is 5.32 Å². The van der Waals surface area contributed by atoms with Crippen molar-refractivity contribution in [3.05, 3.63) is 33.8 Å². The molecular weight excluding hydrogens is 389 g/mol. The molecule has 2 atom stereocenters. The lowest BCUT2D eigenvalue weighted by molar-refractivity contribution is -0.134. The molecule has 0 bridgehead atoms. The number of carbonyl (C=O) groups is 2. The zero-order valence-corrected chi connectivity index (χ0v) is 15.8. The van der Waals surface area contributed by atoms with E-state index in [4.69, 9.17) is 23.2 Å². The van der Waals surface area contributed by atoms with E-state index in [1.807, 2.05) is 0 Å². The van der Waals surface area contributed by atoms with Gasteiger partial charge in [0.15, 0.2) is 0 Å². The van der Waals surface area contributed by atoms with Gasteiger partial charge in [0.25, 0.3) is 5.91 Å². The van der Waals surface area contributed by atoms with Crippen LogP contribution in [0.2, 0.25) is 10.0 Å². The van der Waals surface area contributed by atoms with Crippen LogP contribution in [0, 0.1) is 0 Å². The van der Waals surface area contributed by atoms with Crippen LogP contribution in [0.1, 0.15) is 16.8 Å². The van der Waals surface area contributed by atoms with Crippen molar-refractivity contribution in [3.63, 3.8) is 0 Å². The summed E-state index contributed by atoms with van der Waals surface area (Å²) in [4.78, 5) is 28.4. The molecule has 1 aromatic carbocycles. The molecule has 9 heteroatoms. The molecule has 2 amide bonds. The fourth-order valence-corrected chi connectivity index (χ4v) is 3.64. The molecular formula is C16H20Cl3N3O3. The third kappa shape index (κ3) is 4.77. The van der Waals surface area contributed by atoms with Gasteiger partial charge in [-0.1, -0.05) is 23.2 Å². The van der Waals surface area contributed by atoms with Crippen molar-refractivity contribution < 1.29 is 14.7 Å². The van der Waals surface area contributed by atoms with Crippen molar-refractivity contribution in [2.75, 3.05) is 32.7 Å². The number of hydrogen-bond acceptors (Lipinski definition) is 4. The number of benzene rings is 1. The van der Waals surface area contributed by atoms with Crippen molar-refractivity contribution in [2.45, 2.75) is 18.6 Å². The molecule has 0 aliphatic carbocycles. The SMILES string of the molecule is Cl.O=C(c1cc(Cl)cc(Cl)c1)N1CCN(C(=O)C2CC(O)CN2)CC1. The molecule has 0 saturated carbocycles. The number of halogens is 3. The van der Waals surface area contributed by atoms with Gasteiger partial charge < -0.3 is 20.2 Å². The van der Waals surface area contributed by atoms with E-state index < -0.39 is 6.10 Å². The summed E-state index contributed by atoms with van der Waals surface area (Å²) in [7, 11) is 0. The highest BCUT2D eigenvalue weighted by Gasteiger charge is 2.33. The zero-order chi connectivity index (χ0) is 17.3. The number of carbonyl (C=O) groups excluding carboxylic acids is 2. The molecule has 1 aromatic rings. The third-order valence-electron chi connectivity index (χ3n) is 4.39. The van der Waals surface area contributed by atoms with Gasteiger partial charge in [-0.2, -0.15) is 0 Å². The monoisotopic (exact) mass is 407 g/mol. The number of aliphatic hydroxyl groups is 1. The molecule has 25 heavy (non-hydrogen) atoms. The van der Waals surface area contributed by atoms with E-state index in [1.54, 1.807) is 28.0 Å². The lowest BCUT2D eigenvalue weighted by atomic mass is 10.1. The lowest BCUT2D eigenvalue weighted by Crippen LogP contribution is -2.54. The standard InChI is InChI=1S/C16H19Cl2N3O3.ClH/c17-11-5-10(6-12(18)7-11)15(23)20-1-3-21(4-2-20)16(24)14-8-13(22)9-19-14;/h5-7,13-14,19,22H,1-4,8-9H2;1H. The molecule has 2 N–H and O–H groups in total. The fourth-order valence-electron chi connectivity index (χ4n) is 3.12. The Bertz CT molecular complexity index is 631. The Morgan fingerprint density at radius 2 is 1.60 bits per heavy atom. The average Bonchev–Trinajstić information content (AvgIpc) is 2.99. The Labute approximate surface area is 162 Å². The molecule has 2 unspecified atom stereocenters. The van der Waals surface area contributed by atoms with Crippen molar-refractivity contribution in [3.8, 4) is 0 Å². The quantitative estimate of drug-likeness (QED) is 0.776. The van der Waals surface area contributed by atoms with Gasteiger partial charge in [0.2, 0.25) is 5.91 Å². The molecule has 2 aliphatic rings. The summed E-state index contributed by atoms with van der Waals surface area (Å²) in [6.45, 7) is 2.33. The first-order valence-electron chi connectivity index (χ1n) is 7.89. The zero-order valence-electron chi connectivity index (χ0n) is 13.5. The Hall–Kier alpha value is -1.05. The Balaban J connectivity index is 0.00000225. The van der Waals surface area contributed by atoms with Crippen molar-refractivity contribution in [1.82, 2.24) is 15.1 Å². The predicted molar refractivity (Wildman–Crippen MR) is 98.6 cm³/mol. The molecule has 0 spiro atoms. The van der Waals surface area contributed by atoms with Crippen molar-refractivity contribution >= 4 is 47.4 Å². The minimum absolute atomic E-state index is 0. The number of β-amino-alcohol motifs (C(OH)–C–C–N with tert-alkyl or cyclic N) is 1. The Morgan fingerprint density at radius 1 is 1.04 bits per heavy atom. The molecule has 2 fully saturated rings. The normalized spacial score (nSPS) is 23.3. The summed E-state index contributed by atoms with van der Waals surface area (Å²) >= 11 is 11.9. The summed E-state index contributed by atoms with van der Waals surface area (Å²) in [6, 6.07) is 4.45. The van der Waals surface area contributed by atoms with E-state index >= 15 is 0 Å². The first kappa shape index (κ1) is 20.3. The van der Waals surface area contributed by atoms with Crippen LogP contribution in [0.15, 0.2) is 18.2 Å². The van der Waals surface area contributed by atoms with Gasteiger partial charge in [0.05, 0.1) is 12.1 Å². The van der Waals surface area contributed by atoms with Crippen LogP contribution in [-0.4, -0.2) is 71.6 Å². The van der Waals surface area contributed by atoms with Gasteiger partial charge in [-0.05, 0) is 24.6 Å². The van der Waals surface area contributed by atoms with Crippen LogP contribution in [-0.2, 0) is 4.79 Å². The molecule has 0 radical (unpaired) electrons. The maximum atomic E-state index is 12.5. The number of nitrogens with zero attached hydrogens (tertiary/aromatic N) is 2. The summed E-state index contributed by atoms with van der Waals surface area (Å²) in [5.41, 5.74) is 0.452. The van der Waals surface area contributed by atoms with Crippen LogP contribution in [0.3, 0.4) is 0 Å². The van der Waals surface area contributed by atoms with E-state index in [0.29, 0.717) is 54.8 Å². The van der Waals surface area contributed by atoms with E-state index in [0.717, 1.165) is 0 Å². The van der Waals surface area contributed by atoms with Gasteiger partial charge in [-0.15, -0.1) is 12.4 Å². The van der Waals surface area contributed by atoms with E-state index in [-0.39, 0.29) is 30.3 Å². The minimum atomic E-state index is -0.464. The van der Waals surface area contributed by atoms with Gasteiger partial charge in [-0.25, -0.2) is 0 Å². The molecule has 0 aromatic heterocycles. The summed E-state index contributed by atoms with van der Waals surface area (Å²) in [6.07, 6.45) is -0.0201. The molecule has 6 nitrogen and oxygen atoms in total. The molecule has 3 rings (SSSR count). The largest absolute Gasteiger partial charge is 0.392 e. The fraction of sp³-hybridized carbons (Fsp3) is 0.500. The van der Waals surface area contributed by atoms with Crippen LogP contribution < -0.4 is 5.32 Å². The highest BCUT2D eigenvalue weighted by atomic mass is 35.5. The van der Waals surface area contributed by atoms with Gasteiger partial charge >= 0.3 is 0 Å². The van der Waals surface area contributed by atoms with Gasteiger partial charge in [-0.3, -0.25) is 9.59 Å².